The number of phenols is 2. The zero-order chi connectivity index (χ0) is 18.5. The van der Waals surface area contributed by atoms with Gasteiger partial charge in [-0.25, -0.2) is 4.79 Å². The van der Waals surface area contributed by atoms with Gasteiger partial charge in [0.15, 0.2) is 0 Å². The van der Waals surface area contributed by atoms with Gasteiger partial charge < -0.3 is 24.8 Å². The molecular weight excluding hydrogens is 336 g/mol. The van der Waals surface area contributed by atoms with Gasteiger partial charge in [0.1, 0.15) is 42.1 Å². The first-order chi connectivity index (χ1) is 12.5. The highest BCUT2D eigenvalue weighted by atomic mass is 16.5. The quantitative estimate of drug-likeness (QED) is 0.589. The lowest BCUT2D eigenvalue weighted by atomic mass is 10.1. The Kier molecular flexibility index (Phi) is 5.24. The van der Waals surface area contributed by atoms with E-state index in [-0.39, 0.29) is 30.3 Å². The Balaban J connectivity index is 1.60. The molecule has 0 heterocycles. The molecule has 134 valence electrons. The van der Waals surface area contributed by atoms with E-state index < -0.39 is 12.1 Å². The minimum absolute atomic E-state index is 0.0329. The maximum Gasteiger partial charge on any atom is 0.342 e. The molecule has 0 aliphatic rings. The summed E-state index contributed by atoms with van der Waals surface area (Å²) in [4.78, 5) is 12.2. The van der Waals surface area contributed by atoms with E-state index in [9.17, 15) is 20.1 Å². The molecule has 0 bridgehead atoms. The second kappa shape index (κ2) is 7.76. The summed E-state index contributed by atoms with van der Waals surface area (Å²) in [5, 5.41) is 30.7. The number of ether oxygens (including phenoxy) is 2. The number of hydrogen-bond donors (Lipinski definition) is 3. The van der Waals surface area contributed by atoms with Crippen molar-refractivity contribution in [3.63, 3.8) is 0 Å². The normalized spacial score (nSPS) is 11.9. The lowest BCUT2D eigenvalue weighted by Gasteiger charge is -2.13. The van der Waals surface area contributed by atoms with Crippen molar-refractivity contribution in [2.24, 2.45) is 0 Å². The molecule has 0 saturated carbocycles. The monoisotopic (exact) mass is 354 g/mol. The Bertz CT molecular complexity index is 907. The van der Waals surface area contributed by atoms with E-state index in [1.54, 1.807) is 18.2 Å². The number of hydrogen-bond acceptors (Lipinski definition) is 6. The van der Waals surface area contributed by atoms with Gasteiger partial charge in [-0.15, -0.1) is 0 Å². The summed E-state index contributed by atoms with van der Waals surface area (Å²) < 4.78 is 10.4. The second-order valence-corrected chi connectivity index (χ2v) is 5.78. The molecule has 0 aromatic heterocycles. The fourth-order valence-corrected chi connectivity index (χ4v) is 2.44. The molecule has 0 amide bonds. The summed E-state index contributed by atoms with van der Waals surface area (Å²) in [6, 6.07) is 16.4. The molecule has 1 unspecified atom stereocenters. The SMILES string of the molecule is O=C(OCC(O)COc1ccccc1)c1cc2cc(O)ccc2cc1O. The molecule has 0 radical (unpaired) electrons. The van der Waals surface area contributed by atoms with Crippen molar-refractivity contribution in [3.8, 4) is 17.2 Å². The first-order valence-corrected chi connectivity index (χ1v) is 8.02. The molecule has 0 aliphatic carbocycles. The molecule has 0 fully saturated rings. The molecule has 1 atom stereocenters. The number of fused-ring (bicyclic) bond motifs is 1. The van der Waals surface area contributed by atoms with Crippen LogP contribution in [-0.4, -0.2) is 40.6 Å². The minimum Gasteiger partial charge on any atom is -0.508 e. The Morgan fingerprint density at radius 3 is 2.46 bits per heavy atom. The van der Waals surface area contributed by atoms with Crippen LogP contribution < -0.4 is 4.74 Å². The highest BCUT2D eigenvalue weighted by Gasteiger charge is 2.16. The summed E-state index contributed by atoms with van der Waals surface area (Å²) in [7, 11) is 0. The van der Waals surface area contributed by atoms with Crippen LogP contribution in [-0.2, 0) is 4.74 Å². The maximum absolute atomic E-state index is 12.2. The van der Waals surface area contributed by atoms with E-state index in [4.69, 9.17) is 9.47 Å². The number of benzene rings is 3. The summed E-state index contributed by atoms with van der Waals surface area (Å²) in [6.45, 7) is -0.307. The number of rotatable bonds is 6. The van der Waals surface area contributed by atoms with Crippen molar-refractivity contribution in [2.45, 2.75) is 6.10 Å². The van der Waals surface area contributed by atoms with Crippen molar-refractivity contribution in [1.29, 1.82) is 0 Å². The molecule has 0 spiro atoms. The van der Waals surface area contributed by atoms with Crippen molar-refractivity contribution in [2.75, 3.05) is 13.2 Å². The maximum atomic E-state index is 12.2. The third-order valence-electron chi connectivity index (χ3n) is 3.75. The number of phenolic OH excluding ortho intramolecular Hbond substituents is 2. The van der Waals surface area contributed by atoms with Gasteiger partial charge in [-0.1, -0.05) is 24.3 Å². The van der Waals surface area contributed by atoms with Crippen LogP contribution in [0, 0.1) is 0 Å². The molecule has 3 aromatic rings. The first kappa shape index (κ1) is 17.6. The van der Waals surface area contributed by atoms with Crippen LogP contribution in [0.15, 0.2) is 60.7 Å². The zero-order valence-corrected chi connectivity index (χ0v) is 13.8. The van der Waals surface area contributed by atoms with Gasteiger partial charge in [0.25, 0.3) is 0 Å². The topological polar surface area (TPSA) is 96.2 Å². The number of para-hydroxylation sites is 1. The number of aromatic hydroxyl groups is 2. The van der Waals surface area contributed by atoms with Crippen molar-refractivity contribution in [3.05, 3.63) is 66.2 Å². The zero-order valence-electron chi connectivity index (χ0n) is 13.8. The molecule has 6 nitrogen and oxygen atoms in total. The van der Waals surface area contributed by atoms with Crippen LogP contribution in [0.5, 0.6) is 17.2 Å². The van der Waals surface area contributed by atoms with E-state index in [0.29, 0.717) is 16.5 Å². The predicted molar refractivity (Wildman–Crippen MR) is 95.5 cm³/mol. The fourth-order valence-electron chi connectivity index (χ4n) is 2.44. The van der Waals surface area contributed by atoms with Crippen LogP contribution in [0.4, 0.5) is 0 Å². The molecule has 3 aromatic carbocycles. The Morgan fingerprint density at radius 2 is 1.69 bits per heavy atom. The van der Waals surface area contributed by atoms with E-state index >= 15 is 0 Å². The standard InChI is InChI=1S/C20H18O6/c21-15-7-6-13-10-19(23)18(9-14(13)8-15)20(24)26-12-16(22)11-25-17-4-2-1-3-5-17/h1-10,16,21-23H,11-12H2. The Hall–Kier alpha value is -3.25. The van der Waals surface area contributed by atoms with Crippen LogP contribution >= 0.6 is 0 Å². The van der Waals surface area contributed by atoms with Crippen LogP contribution in [0.1, 0.15) is 10.4 Å². The van der Waals surface area contributed by atoms with E-state index in [2.05, 4.69) is 0 Å². The lowest BCUT2D eigenvalue weighted by Crippen LogP contribution is -2.25. The third kappa shape index (κ3) is 4.23. The Morgan fingerprint density at radius 1 is 0.923 bits per heavy atom. The van der Waals surface area contributed by atoms with Gasteiger partial charge in [0, 0.05) is 0 Å². The molecular formula is C20H18O6. The van der Waals surface area contributed by atoms with Crippen molar-refractivity contribution >= 4 is 16.7 Å². The minimum atomic E-state index is -1.01. The number of aliphatic hydroxyl groups is 1. The summed E-state index contributed by atoms with van der Waals surface area (Å²) >= 11 is 0. The fraction of sp³-hybridized carbons (Fsp3) is 0.150. The largest absolute Gasteiger partial charge is 0.508 e. The van der Waals surface area contributed by atoms with E-state index in [1.807, 2.05) is 18.2 Å². The van der Waals surface area contributed by atoms with Gasteiger partial charge in [-0.2, -0.15) is 0 Å². The smallest absolute Gasteiger partial charge is 0.342 e. The third-order valence-corrected chi connectivity index (χ3v) is 3.75. The van der Waals surface area contributed by atoms with E-state index in [0.717, 1.165) is 0 Å². The number of carbonyl (C=O) groups excluding carboxylic acids is 1. The predicted octanol–water partition coefficient (Wildman–Crippen LogP) is 2.85. The molecule has 3 rings (SSSR count). The number of esters is 1. The number of aliphatic hydroxyl groups excluding tert-OH is 1. The van der Waals surface area contributed by atoms with Gasteiger partial charge in [-0.05, 0) is 47.2 Å². The van der Waals surface area contributed by atoms with Gasteiger partial charge >= 0.3 is 5.97 Å². The number of carbonyl (C=O) groups is 1. The van der Waals surface area contributed by atoms with Crippen molar-refractivity contribution in [1.82, 2.24) is 0 Å². The van der Waals surface area contributed by atoms with Gasteiger partial charge in [-0.3, -0.25) is 0 Å². The average Bonchev–Trinajstić information content (AvgIpc) is 2.65. The lowest BCUT2D eigenvalue weighted by molar-refractivity contribution is 0.0128. The average molecular weight is 354 g/mol. The van der Waals surface area contributed by atoms with Crippen LogP contribution in [0.3, 0.4) is 0 Å². The summed E-state index contributed by atoms with van der Waals surface area (Å²) in [6.07, 6.45) is -1.01. The van der Waals surface area contributed by atoms with Gasteiger partial charge in [0.2, 0.25) is 0 Å². The summed E-state index contributed by atoms with van der Waals surface area (Å²) in [5.74, 6) is -0.351. The van der Waals surface area contributed by atoms with Crippen LogP contribution in [0.25, 0.3) is 10.8 Å². The molecule has 0 saturated heterocycles. The highest BCUT2D eigenvalue weighted by Crippen LogP contribution is 2.28. The highest BCUT2D eigenvalue weighted by molar-refractivity contribution is 5.98. The Labute approximate surface area is 149 Å². The van der Waals surface area contributed by atoms with Crippen molar-refractivity contribution < 1.29 is 29.6 Å². The summed E-state index contributed by atoms with van der Waals surface area (Å²) in [5.41, 5.74) is -0.0423. The first-order valence-electron chi connectivity index (χ1n) is 8.02. The molecule has 26 heavy (non-hydrogen) atoms. The molecule has 0 aliphatic heterocycles. The van der Waals surface area contributed by atoms with Gasteiger partial charge in [0.05, 0.1) is 0 Å². The van der Waals surface area contributed by atoms with E-state index in [1.165, 1.54) is 24.3 Å². The molecule has 6 heteroatoms. The van der Waals surface area contributed by atoms with Crippen LogP contribution in [0.2, 0.25) is 0 Å². The molecule has 3 N–H and O–H groups in total. The second-order valence-electron chi connectivity index (χ2n) is 5.78.